The fraction of sp³-hybridized carbons (Fsp3) is 0.500. The van der Waals surface area contributed by atoms with E-state index in [9.17, 15) is 20.0 Å². The molecule has 0 saturated heterocycles. The molecule has 0 aromatic heterocycles. The SMILES string of the molecule is O=C(O)C1(Cc2ccc([N+](=O)[O-])cc2Cl)CCCCC1. The zero-order valence-electron chi connectivity index (χ0n) is 11.0. The Morgan fingerprint density at radius 1 is 1.35 bits per heavy atom. The van der Waals surface area contributed by atoms with Crippen molar-refractivity contribution >= 4 is 23.3 Å². The molecule has 0 spiro atoms. The molecule has 6 heteroatoms. The molecule has 0 bridgehead atoms. The van der Waals surface area contributed by atoms with E-state index in [0.717, 1.165) is 19.3 Å². The minimum Gasteiger partial charge on any atom is -0.481 e. The van der Waals surface area contributed by atoms with E-state index in [4.69, 9.17) is 11.6 Å². The second-order valence-corrected chi connectivity index (χ2v) is 5.76. The maximum Gasteiger partial charge on any atom is 0.309 e. The van der Waals surface area contributed by atoms with Crippen molar-refractivity contribution in [3.8, 4) is 0 Å². The number of carboxylic acids is 1. The van der Waals surface area contributed by atoms with Crippen molar-refractivity contribution in [1.29, 1.82) is 0 Å². The average molecular weight is 298 g/mol. The summed E-state index contributed by atoms with van der Waals surface area (Å²) in [5.74, 6) is -0.799. The van der Waals surface area contributed by atoms with Crippen molar-refractivity contribution in [3.63, 3.8) is 0 Å². The monoisotopic (exact) mass is 297 g/mol. The van der Waals surface area contributed by atoms with Crippen LogP contribution in [0.3, 0.4) is 0 Å². The Balaban J connectivity index is 2.27. The molecule has 1 fully saturated rings. The van der Waals surface area contributed by atoms with Crippen LogP contribution in [0.4, 0.5) is 5.69 Å². The van der Waals surface area contributed by atoms with E-state index >= 15 is 0 Å². The molecule has 0 aliphatic heterocycles. The lowest BCUT2D eigenvalue weighted by Crippen LogP contribution is -2.35. The van der Waals surface area contributed by atoms with Crippen LogP contribution < -0.4 is 0 Å². The molecule has 0 unspecified atom stereocenters. The van der Waals surface area contributed by atoms with E-state index in [2.05, 4.69) is 0 Å². The number of nitrogens with zero attached hydrogens (tertiary/aromatic N) is 1. The molecule has 1 aromatic rings. The summed E-state index contributed by atoms with van der Waals surface area (Å²) in [6.45, 7) is 0. The zero-order valence-corrected chi connectivity index (χ0v) is 11.7. The first-order valence-corrected chi connectivity index (χ1v) is 6.99. The van der Waals surface area contributed by atoms with Crippen LogP contribution in [0.25, 0.3) is 0 Å². The molecule has 1 N–H and O–H groups in total. The Morgan fingerprint density at radius 2 is 2.00 bits per heavy atom. The zero-order chi connectivity index (χ0) is 14.8. The van der Waals surface area contributed by atoms with E-state index in [1.54, 1.807) is 6.07 Å². The molecule has 0 heterocycles. The smallest absolute Gasteiger partial charge is 0.309 e. The van der Waals surface area contributed by atoms with Gasteiger partial charge in [0.25, 0.3) is 5.69 Å². The number of hydrogen-bond donors (Lipinski definition) is 1. The summed E-state index contributed by atoms with van der Waals surface area (Å²) in [7, 11) is 0. The molecule has 2 rings (SSSR count). The maximum absolute atomic E-state index is 11.6. The lowest BCUT2D eigenvalue weighted by atomic mass is 9.70. The molecule has 0 amide bonds. The van der Waals surface area contributed by atoms with Gasteiger partial charge in [0.05, 0.1) is 15.4 Å². The molecule has 0 radical (unpaired) electrons. The van der Waals surface area contributed by atoms with Crippen molar-refractivity contribution in [1.82, 2.24) is 0 Å². The summed E-state index contributed by atoms with van der Waals surface area (Å²) >= 11 is 6.06. The van der Waals surface area contributed by atoms with Crippen LogP contribution in [0.15, 0.2) is 18.2 Å². The van der Waals surface area contributed by atoms with Gasteiger partial charge in [0.15, 0.2) is 0 Å². The Kier molecular flexibility index (Phi) is 4.28. The molecule has 1 aromatic carbocycles. The van der Waals surface area contributed by atoms with Gasteiger partial charge >= 0.3 is 5.97 Å². The highest BCUT2D eigenvalue weighted by Crippen LogP contribution is 2.41. The maximum atomic E-state index is 11.6. The average Bonchev–Trinajstić information content (AvgIpc) is 2.41. The highest BCUT2D eigenvalue weighted by molar-refractivity contribution is 6.31. The number of rotatable bonds is 4. The van der Waals surface area contributed by atoms with Gasteiger partial charge in [-0.15, -0.1) is 0 Å². The Hall–Kier alpha value is -1.62. The first-order valence-electron chi connectivity index (χ1n) is 6.61. The Bertz CT molecular complexity index is 538. The molecule has 0 atom stereocenters. The van der Waals surface area contributed by atoms with Gasteiger partial charge in [-0.2, -0.15) is 0 Å². The number of halogens is 1. The van der Waals surface area contributed by atoms with Crippen molar-refractivity contribution in [3.05, 3.63) is 38.9 Å². The number of benzene rings is 1. The predicted molar refractivity (Wildman–Crippen MR) is 75.0 cm³/mol. The second kappa shape index (κ2) is 5.79. The van der Waals surface area contributed by atoms with Crippen LogP contribution >= 0.6 is 11.6 Å². The number of aliphatic carboxylic acids is 1. The lowest BCUT2D eigenvalue weighted by molar-refractivity contribution is -0.384. The number of carbonyl (C=O) groups is 1. The Labute approximate surface area is 121 Å². The molecule has 1 aliphatic rings. The molecule has 108 valence electrons. The number of non-ortho nitro benzene ring substituents is 1. The topological polar surface area (TPSA) is 80.4 Å². The molecule has 1 saturated carbocycles. The lowest BCUT2D eigenvalue weighted by Gasteiger charge is -2.33. The molecule has 5 nitrogen and oxygen atoms in total. The van der Waals surface area contributed by atoms with Crippen LogP contribution in [-0.4, -0.2) is 16.0 Å². The summed E-state index contributed by atoms with van der Waals surface area (Å²) < 4.78 is 0. The van der Waals surface area contributed by atoms with Gasteiger partial charge in [-0.3, -0.25) is 14.9 Å². The molecule has 20 heavy (non-hydrogen) atoms. The van der Waals surface area contributed by atoms with Gasteiger partial charge in [-0.25, -0.2) is 0 Å². The van der Waals surface area contributed by atoms with Crippen LogP contribution in [0.5, 0.6) is 0 Å². The molecule has 1 aliphatic carbocycles. The van der Waals surface area contributed by atoms with E-state index in [0.29, 0.717) is 24.8 Å². The second-order valence-electron chi connectivity index (χ2n) is 5.36. The third-order valence-corrected chi connectivity index (χ3v) is 4.39. The fourth-order valence-corrected chi connectivity index (χ4v) is 3.09. The minimum absolute atomic E-state index is 0.0771. The van der Waals surface area contributed by atoms with Gasteiger partial charge in [0, 0.05) is 12.1 Å². The largest absolute Gasteiger partial charge is 0.481 e. The summed E-state index contributed by atoms with van der Waals surface area (Å²) in [4.78, 5) is 21.8. The predicted octanol–water partition coefficient (Wildman–Crippen LogP) is 3.83. The Morgan fingerprint density at radius 3 is 2.50 bits per heavy atom. The van der Waals surface area contributed by atoms with E-state index in [1.807, 2.05) is 0 Å². The van der Waals surface area contributed by atoms with Crippen LogP contribution in [0, 0.1) is 15.5 Å². The first kappa shape index (κ1) is 14.8. The van der Waals surface area contributed by atoms with Gasteiger partial charge in [0.2, 0.25) is 0 Å². The summed E-state index contributed by atoms with van der Waals surface area (Å²) in [6.07, 6.45) is 4.46. The van der Waals surface area contributed by atoms with Crippen molar-refractivity contribution in [2.75, 3.05) is 0 Å². The van der Waals surface area contributed by atoms with E-state index < -0.39 is 16.3 Å². The highest BCUT2D eigenvalue weighted by Gasteiger charge is 2.40. The first-order chi connectivity index (χ1) is 9.44. The summed E-state index contributed by atoms with van der Waals surface area (Å²) in [5.41, 5.74) is -0.189. The van der Waals surface area contributed by atoms with E-state index in [-0.39, 0.29) is 10.7 Å². The normalized spacial score (nSPS) is 17.6. The van der Waals surface area contributed by atoms with Crippen molar-refractivity contribution in [2.45, 2.75) is 38.5 Å². The molecular weight excluding hydrogens is 282 g/mol. The van der Waals surface area contributed by atoms with E-state index in [1.165, 1.54) is 12.1 Å². The number of hydrogen-bond acceptors (Lipinski definition) is 3. The van der Waals surface area contributed by atoms with Crippen molar-refractivity contribution < 1.29 is 14.8 Å². The fourth-order valence-electron chi connectivity index (χ4n) is 2.85. The third-order valence-electron chi connectivity index (χ3n) is 4.04. The highest BCUT2D eigenvalue weighted by atomic mass is 35.5. The standard InChI is InChI=1S/C14H16ClNO4/c15-12-8-11(16(19)20)5-4-10(12)9-14(13(17)18)6-2-1-3-7-14/h4-5,8H,1-3,6-7,9H2,(H,17,18). The van der Waals surface area contributed by atoms with Crippen LogP contribution in [-0.2, 0) is 11.2 Å². The van der Waals surface area contributed by atoms with Gasteiger partial charge < -0.3 is 5.11 Å². The molecular formula is C14H16ClNO4. The van der Waals surface area contributed by atoms with Crippen LogP contribution in [0.2, 0.25) is 5.02 Å². The van der Waals surface area contributed by atoms with Gasteiger partial charge in [0.1, 0.15) is 0 Å². The number of nitro groups is 1. The minimum atomic E-state index is -0.799. The number of nitro benzene ring substituents is 1. The van der Waals surface area contributed by atoms with Gasteiger partial charge in [-0.05, 0) is 24.8 Å². The van der Waals surface area contributed by atoms with Crippen molar-refractivity contribution in [2.24, 2.45) is 5.41 Å². The quantitative estimate of drug-likeness (QED) is 0.676. The number of carboxylic acid groups (broad SMARTS) is 1. The summed E-state index contributed by atoms with van der Waals surface area (Å²) in [6, 6.07) is 4.23. The third kappa shape index (κ3) is 2.93. The summed E-state index contributed by atoms with van der Waals surface area (Å²) in [5, 5.41) is 20.5. The van der Waals surface area contributed by atoms with Crippen LogP contribution in [0.1, 0.15) is 37.7 Å². The van der Waals surface area contributed by atoms with Gasteiger partial charge in [-0.1, -0.05) is 36.9 Å².